The van der Waals surface area contributed by atoms with E-state index in [0.717, 1.165) is 29.2 Å². The number of rotatable bonds is 6. The number of carbonyl (C=O) groups is 1. The summed E-state index contributed by atoms with van der Waals surface area (Å²) < 4.78 is 7.62. The Morgan fingerprint density at radius 1 is 1.14 bits per heavy atom. The molecule has 1 aliphatic rings. The number of amides is 1. The Hall–Kier alpha value is -3.12. The summed E-state index contributed by atoms with van der Waals surface area (Å²) in [4.78, 5) is 12.9. The molecule has 0 bridgehead atoms. The first-order valence-electron chi connectivity index (χ1n) is 9.92. The SMILES string of the molecule is CC(NC(=O)[C@H]1CNC[C@@H]1c1cnn(C)c1)c1ccc(Oc2ccccc2)cc1. The minimum Gasteiger partial charge on any atom is -0.457 e. The average Bonchev–Trinajstić information content (AvgIpc) is 3.38. The van der Waals surface area contributed by atoms with Crippen molar-refractivity contribution in [3.63, 3.8) is 0 Å². The summed E-state index contributed by atoms with van der Waals surface area (Å²) in [6.45, 7) is 3.48. The molecule has 3 atom stereocenters. The third-order valence-electron chi connectivity index (χ3n) is 5.42. The summed E-state index contributed by atoms with van der Waals surface area (Å²) in [6.07, 6.45) is 3.85. The predicted molar refractivity (Wildman–Crippen MR) is 112 cm³/mol. The standard InChI is InChI=1S/C23H26N4O2/c1-16(17-8-10-20(11-9-17)29-19-6-4-3-5-7-19)26-23(28)22-14-24-13-21(22)18-12-25-27(2)15-18/h3-12,15-16,21-22,24H,13-14H2,1-2H3,(H,26,28)/t16?,21-,22+/m1/s1. The predicted octanol–water partition coefficient (Wildman–Crippen LogP) is 3.39. The van der Waals surface area contributed by atoms with Crippen molar-refractivity contribution in [3.05, 3.63) is 78.1 Å². The Bertz CT molecular complexity index is 953. The highest BCUT2D eigenvalue weighted by Gasteiger charge is 2.35. The van der Waals surface area contributed by atoms with Crippen LogP contribution in [0.5, 0.6) is 11.5 Å². The molecule has 2 aromatic carbocycles. The van der Waals surface area contributed by atoms with Gasteiger partial charge in [0.05, 0.1) is 18.2 Å². The molecule has 150 valence electrons. The van der Waals surface area contributed by atoms with Crippen molar-refractivity contribution in [2.75, 3.05) is 13.1 Å². The average molecular weight is 390 g/mol. The highest BCUT2D eigenvalue weighted by molar-refractivity contribution is 5.81. The van der Waals surface area contributed by atoms with Crippen LogP contribution < -0.4 is 15.4 Å². The van der Waals surface area contributed by atoms with Crippen LogP contribution in [-0.4, -0.2) is 28.8 Å². The van der Waals surface area contributed by atoms with E-state index in [4.69, 9.17) is 4.74 Å². The highest BCUT2D eigenvalue weighted by atomic mass is 16.5. The molecule has 0 aliphatic carbocycles. The van der Waals surface area contributed by atoms with E-state index < -0.39 is 0 Å². The smallest absolute Gasteiger partial charge is 0.225 e. The molecule has 1 saturated heterocycles. The molecule has 6 heteroatoms. The molecule has 3 aromatic rings. The second kappa shape index (κ2) is 8.49. The number of hydrogen-bond donors (Lipinski definition) is 2. The van der Waals surface area contributed by atoms with Crippen LogP contribution in [0, 0.1) is 5.92 Å². The van der Waals surface area contributed by atoms with Crippen LogP contribution in [0.15, 0.2) is 67.0 Å². The Balaban J connectivity index is 1.38. The van der Waals surface area contributed by atoms with E-state index >= 15 is 0 Å². The Morgan fingerprint density at radius 3 is 2.55 bits per heavy atom. The summed E-state index contributed by atoms with van der Waals surface area (Å²) in [6, 6.07) is 17.5. The van der Waals surface area contributed by atoms with Crippen molar-refractivity contribution in [3.8, 4) is 11.5 Å². The molecule has 1 aliphatic heterocycles. The number of carbonyl (C=O) groups excluding carboxylic acids is 1. The molecule has 1 amide bonds. The van der Waals surface area contributed by atoms with Gasteiger partial charge in [0.1, 0.15) is 11.5 Å². The zero-order chi connectivity index (χ0) is 20.2. The van der Waals surface area contributed by atoms with Gasteiger partial charge >= 0.3 is 0 Å². The monoisotopic (exact) mass is 390 g/mol. The number of aromatic nitrogens is 2. The Labute approximate surface area is 170 Å². The van der Waals surface area contributed by atoms with Gasteiger partial charge in [0.2, 0.25) is 5.91 Å². The third kappa shape index (κ3) is 4.49. The van der Waals surface area contributed by atoms with E-state index in [0.29, 0.717) is 6.54 Å². The van der Waals surface area contributed by atoms with Crippen molar-refractivity contribution in [1.82, 2.24) is 20.4 Å². The van der Waals surface area contributed by atoms with Gasteiger partial charge < -0.3 is 15.4 Å². The topological polar surface area (TPSA) is 68.2 Å². The molecule has 0 spiro atoms. The van der Waals surface area contributed by atoms with Crippen LogP contribution in [0.1, 0.15) is 30.0 Å². The molecule has 4 rings (SSSR count). The highest BCUT2D eigenvalue weighted by Crippen LogP contribution is 2.29. The van der Waals surface area contributed by atoms with Crippen LogP contribution in [-0.2, 0) is 11.8 Å². The van der Waals surface area contributed by atoms with E-state index in [9.17, 15) is 4.79 Å². The van der Waals surface area contributed by atoms with E-state index in [1.807, 2.05) is 81.0 Å². The van der Waals surface area contributed by atoms with Gasteiger partial charge in [0.25, 0.3) is 0 Å². The normalized spacial score (nSPS) is 19.7. The lowest BCUT2D eigenvalue weighted by molar-refractivity contribution is -0.125. The minimum absolute atomic E-state index is 0.0703. The first-order chi connectivity index (χ1) is 14.1. The van der Waals surface area contributed by atoms with Gasteiger partial charge in [-0.25, -0.2) is 0 Å². The Morgan fingerprint density at radius 2 is 1.86 bits per heavy atom. The van der Waals surface area contributed by atoms with E-state index in [1.165, 1.54) is 0 Å². The van der Waals surface area contributed by atoms with Crippen LogP contribution >= 0.6 is 0 Å². The van der Waals surface area contributed by atoms with E-state index in [2.05, 4.69) is 15.7 Å². The maximum absolute atomic E-state index is 12.9. The van der Waals surface area contributed by atoms with Crippen molar-refractivity contribution in [1.29, 1.82) is 0 Å². The minimum atomic E-state index is -0.0951. The summed E-state index contributed by atoms with van der Waals surface area (Å²) >= 11 is 0. The van der Waals surface area contributed by atoms with Crippen molar-refractivity contribution >= 4 is 5.91 Å². The second-order valence-electron chi connectivity index (χ2n) is 7.53. The molecule has 1 aromatic heterocycles. The van der Waals surface area contributed by atoms with Crippen LogP contribution in [0.4, 0.5) is 0 Å². The van der Waals surface area contributed by atoms with Gasteiger partial charge in [0.15, 0.2) is 0 Å². The van der Waals surface area contributed by atoms with E-state index in [1.54, 1.807) is 4.68 Å². The largest absolute Gasteiger partial charge is 0.457 e. The van der Waals surface area contributed by atoms with Crippen LogP contribution in [0.3, 0.4) is 0 Å². The fraction of sp³-hybridized carbons (Fsp3) is 0.304. The molecular weight excluding hydrogens is 364 g/mol. The number of para-hydroxylation sites is 1. The third-order valence-corrected chi connectivity index (χ3v) is 5.42. The molecule has 6 nitrogen and oxygen atoms in total. The lowest BCUT2D eigenvalue weighted by atomic mass is 9.90. The molecule has 1 fully saturated rings. The fourth-order valence-electron chi connectivity index (χ4n) is 3.79. The number of nitrogens with one attached hydrogen (secondary N) is 2. The molecule has 2 heterocycles. The maximum atomic E-state index is 12.9. The van der Waals surface area contributed by atoms with Crippen molar-refractivity contribution < 1.29 is 9.53 Å². The zero-order valence-electron chi connectivity index (χ0n) is 16.7. The number of hydrogen-bond acceptors (Lipinski definition) is 4. The quantitative estimate of drug-likeness (QED) is 0.677. The van der Waals surface area contributed by atoms with Gasteiger partial charge in [-0.2, -0.15) is 5.10 Å². The van der Waals surface area contributed by atoms with Crippen LogP contribution in [0.2, 0.25) is 0 Å². The van der Waals surface area contributed by atoms with Gasteiger partial charge in [-0.3, -0.25) is 9.48 Å². The lowest BCUT2D eigenvalue weighted by Gasteiger charge is -2.21. The molecule has 2 N–H and O–H groups in total. The Kier molecular flexibility index (Phi) is 5.62. The first-order valence-corrected chi connectivity index (χ1v) is 9.92. The molecule has 0 radical (unpaired) electrons. The van der Waals surface area contributed by atoms with Gasteiger partial charge in [-0.1, -0.05) is 30.3 Å². The van der Waals surface area contributed by atoms with Crippen molar-refractivity contribution in [2.45, 2.75) is 18.9 Å². The summed E-state index contributed by atoms with van der Waals surface area (Å²) in [5.41, 5.74) is 2.15. The second-order valence-corrected chi connectivity index (χ2v) is 7.53. The van der Waals surface area contributed by atoms with Gasteiger partial charge in [0, 0.05) is 32.3 Å². The molecule has 0 saturated carbocycles. The number of ether oxygens (including phenoxy) is 1. The lowest BCUT2D eigenvalue weighted by Crippen LogP contribution is -2.35. The number of benzene rings is 2. The molecule has 1 unspecified atom stereocenters. The maximum Gasteiger partial charge on any atom is 0.225 e. The van der Waals surface area contributed by atoms with Crippen LogP contribution in [0.25, 0.3) is 0 Å². The zero-order valence-corrected chi connectivity index (χ0v) is 16.7. The molecule has 29 heavy (non-hydrogen) atoms. The summed E-state index contributed by atoms with van der Waals surface area (Å²) in [5, 5.41) is 10.8. The van der Waals surface area contributed by atoms with Gasteiger partial charge in [-0.05, 0) is 42.3 Å². The molecular formula is C23H26N4O2. The van der Waals surface area contributed by atoms with Gasteiger partial charge in [-0.15, -0.1) is 0 Å². The van der Waals surface area contributed by atoms with Crippen molar-refractivity contribution in [2.24, 2.45) is 13.0 Å². The number of aryl methyl sites for hydroxylation is 1. The number of nitrogens with zero attached hydrogens (tertiary/aromatic N) is 2. The summed E-state index contributed by atoms with van der Waals surface area (Å²) in [7, 11) is 1.90. The summed E-state index contributed by atoms with van der Waals surface area (Å²) in [5.74, 6) is 1.70. The van der Waals surface area contributed by atoms with E-state index in [-0.39, 0.29) is 23.8 Å². The first kappa shape index (κ1) is 19.2. The fourth-order valence-corrected chi connectivity index (χ4v) is 3.79.